The minimum absolute atomic E-state index is 0.161. The fraction of sp³-hybridized carbons (Fsp3) is 0.600. The lowest BCUT2D eigenvalue weighted by atomic mass is 9.76. The van der Waals surface area contributed by atoms with Gasteiger partial charge < -0.3 is 4.90 Å². The molecule has 1 aliphatic carbocycles. The Bertz CT molecular complexity index is 656. The fourth-order valence-electron chi connectivity index (χ4n) is 4.63. The summed E-state index contributed by atoms with van der Waals surface area (Å²) in [5.74, 6) is 0.458. The van der Waals surface area contributed by atoms with Crippen LogP contribution in [0.25, 0.3) is 0 Å². The van der Waals surface area contributed by atoms with Crippen LogP contribution in [0.15, 0.2) is 24.3 Å². The predicted molar refractivity (Wildman–Crippen MR) is 89.2 cm³/mol. The lowest BCUT2D eigenvalue weighted by Crippen LogP contribution is -2.51. The van der Waals surface area contributed by atoms with Crippen molar-refractivity contribution in [1.29, 1.82) is 5.26 Å². The molecule has 2 aliphatic heterocycles. The molecule has 2 heterocycles. The van der Waals surface area contributed by atoms with Crippen molar-refractivity contribution in [2.24, 2.45) is 5.92 Å². The lowest BCUT2D eigenvalue weighted by Gasteiger charge is -2.46. The summed E-state index contributed by atoms with van der Waals surface area (Å²) in [5, 5.41) is 9.39. The van der Waals surface area contributed by atoms with E-state index >= 15 is 0 Å². The molecular weight excluding hydrogens is 284 g/mol. The molecule has 23 heavy (non-hydrogen) atoms. The number of benzene rings is 1. The fourth-order valence-corrected chi connectivity index (χ4v) is 4.63. The molecule has 0 spiro atoms. The van der Waals surface area contributed by atoms with Crippen LogP contribution in [0.5, 0.6) is 0 Å². The summed E-state index contributed by atoms with van der Waals surface area (Å²) in [6.07, 6.45) is 7.63. The van der Waals surface area contributed by atoms with Crippen LogP contribution in [-0.2, 0) is 5.41 Å². The van der Waals surface area contributed by atoms with E-state index < -0.39 is 0 Å². The summed E-state index contributed by atoms with van der Waals surface area (Å²) in [7, 11) is 2.22. The molecule has 3 heteroatoms. The van der Waals surface area contributed by atoms with Crippen molar-refractivity contribution in [3.63, 3.8) is 0 Å². The van der Waals surface area contributed by atoms with Crippen LogP contribution < -0.4 is 0 Å². The summed E-state index contributed by atoms with van der Waals surface area (Å²) >= 11 is 0. The number of carbonyl (C=O) groups is 1. The number of carbonyl (C=O) groups excluding carboxylic acids is 1. The highest BCUT2D eigenvalue weighted by Gasteiger charge is 2.45. The van der Waals surface area contributed by atoms with E-state index in [0.717, 1.165) is 36.8 Å². The van der Waals surface area contributed by atoms with E-state index in [9.17, 15) is 10.1 Å². The van der Waals surface area contributed by atoms with E-state index in [0.29, 0.717) is 17.9 Å². The first-order valence-electron chi connectivity index (χ1n) is 8.91. The number of piperidine rings is 2. The van der Waals surface area contributed by atoms with Crippen LogP contribution in [-0.4, -0.2) is 29.8 Å². The third-order valence-electron chi connectivity index (χ3n) is 6.37. The van der Waals surface area contributed by atoms with Gasteiger partial charge in [0.25, 0.3) is 0 Å². The lowest BCUT2D eigenvalue weighted by molar-refractivity contribution is 0.0338. The molecular formula is C20H24N2O. The van der Waals surface area contributed by atoms with Gasteiger partial charge in [-0.05, 0) is 57.2 Å². The van der Waals surface area contributed by atoms with Crippen molar-refractivity contribution in [3.8, 4) is 6.07 Å². The monoisotopic (exact) mass is 308 g/mol. The van der Waals surface area contributed by atoms with Crippen LogP contribution in [0.2, 0.25) is 0 Å². The number of hydrogen-bond donors (Lipinski definition) is 0. The molecule has 0 aromatic heterocycles. The van der Waals surface area contributed by atoms with Crippen molar-refractivity contribution in [2.75, 3.05) is 7.05 Å². The van der Waals surface area contributed by atoms with Crippen molar-refractivity contribution < 1.29 is 4.79 Å². The molecule has 0 radical (unpaired) electrons. The van der Waals surface area contributed by atoms with Crippen molar-refractivity contribution >= 4 is 5.78 Å². The first-order chi connectivity index (χ1) is 11.1. The van der Waals surface area contributed by atoms with Gasteiger partial charge in [0, 0.05) is 23.6 Å². The summed E-state index contributed by atoms with van der Waals surface area (Å²) in [5.41, 5.74) is 1.55. The van der Waals surface area contributed by atoms with Crippen LogP contribution in [0.3, 0.4) is 0 Å². The van der Waals surface area contributed by atoms with Gasteiger partial charge in [0.05, 0.1) is 11.5 Å². The van der Waals surface area contributed by atoms with E-state index in [4.69, 9.17) is 0 Å². The van der Waals surface area contributed by atoms with E-state index in [1.165, 1.54) is 19.3 Å². The SMILES string of the molecule is CN1C2CCCC1CC(C(=O)c1cccc(C3(C#N)CC3)c1)C2. The van der Waals surface area contributed by atoms with E-state index in [1.807, 2.05) is 24.3 Å². The minimum Gasteiger partial charge on any atom is -0.300 e. The van der Waals surface area contributed by atoms with Gasteiger partial charge in [0.15, 0.2) is 5.78 Å². The summed E-state index contributed by atoms with van der Waals surface area (Å²) in [4.78, 5) is 15.5. The Kier molecular flexibility index (Phi) is 3.54. The number of Topliss-reactive ketones (excluding diaryl/α,β-unsaturated/α-hetero) is 1. The van der Waals surface area contributed by atoms with Crippen molar-refractivity contribution in [1.82, 2.24) is 4.90 Å². The number of fused-ring (bicyclic) bond motifs is 2. The topological polar surface area (TPSA) is 44.1 Å². The molecule has 3 aliphatic rings. The first-order valence-corrected chi connectivity index (χ1v) is 8.91. The zero-order chi connectivity index (χ0) is 16.0. The molecule has 0 N–H and O–H groups in total. The Balaban J connectivity index is 1.56. The second-order valence-corrected chi connectivity index (χ2v) is 7.71. The molecule has 3 nitrogen and oxygen atoms in total. The third kappa shape index (κ3) is 2.50. The molecule has 1 aromatic carbocycles. The highest BCUT2D eigenvalue weighted by Crippen LogP contribution is 2.47. The Morgan fingerprint density at radius 1 is 1.26 bits per heavy atom. The number of rotatable bonds is 3. The van der Waals surface area contributed by atoms with E-state index in [1.54, 1.807) is 0 Å². The maximum Gasteiger partial charge on any atom is 0.166 e. The Morgan fingerprint density at radius 3 is 2.57 bits per heavy atom. The van der Waals surface area contributed by atoms with Gasteiger partial charge >= 0.3 is 0 Å². The summed E-state index contributed by atoms with van der Waals surface area (Å²) in [6.45, 7) is 0. The van der Waals surface area contributed by atoms with Crippen LogP contribution >= 0.6 is 0 Å². The Hall–Kier alpha value is -1.66. The smallest absolute Gasteiger partial charge is 0.166 e. The zero-order valence-corrected chi connectivity index (χ0v) is 13.8. The molecule has 2 atom stereocenters. The van der Waals surface area contributed by atoms with E-state index in [2.05, 4.69) is 18.0 Å². The second-order valence-electron chi connectivity index (χ2n) is 7.71. The molecule has 3 fully saturated rings. The third-order valence-corrected chi connectivity index (χ3v) is 6.37. The second kappa shape index (κ2) is 5.46. The highest BCUT2D eigenvalue weighted by atomic mass is 16.1. The van der Waals surface area contributed by atoms with E-state index in [-0.39, 0.29) is 11.3 Å². The average molecular weight is 308 g/mol. The molecule has 120 valence electrons. The van der Waals surface area contributed by atoms with Gasteiger partial charge in [-0.3, -0.25) is 4.79 Å². The molecule has 2 bridgehead atoms. The van der Waals surface area contributed by atoms with Gasteiger partial charge in [-0.1, -0.05) is 24.6 Å². The molecule has 1 aromatic rings. The molecule has 0 amide bonds. The van der Waals surface area contributed by atoms with Crippen LogP contribution in [0.4, 0.5) is 0 Å². The minimum atomic E-state index is -0.306. The predicted octanol–water partition coefficient (Wildman–Crippen LogP) is 3.69. The summed E-state index contributed by atoms with van der Waals surface area (Å²) in [6, 6.07) is 11.5. The molecule has 4 rings (SSSR count). The molecule has 2 saturated heterocycles. The Morgan fingerprint density at radius 2 is 1.96 bits per heavy atom. The number of nitriles is 1. The highest BCUT2D eigenvalue weighted by molar-refractivity contribution is 5.98. The first kappa shape index (κ1) is 14.9. The normalized spacial score (nSPS) is 32.1. The van der Waals surface area contributed by atoms with Gasteiger partial charge in [0.2, 0.25) is 0 Å². The average Bonchev–Trinajstić information content (AvgIpc) is 3.35. The number of hydrogen-bond acceptors (Lipinski definition) is 3. The molecule has 2 unspecified atom stereocenters. The number of ketones is 1. The van der Waals surface area contributed by atoms with Gasteiger partial charge in [-0.25, -0.2) is 0 Å². The molecule has 1 saturated carbocycles. The van der Waals surface area contributed by atoms with Crippen LogP contribution in [0.1, 0.15) is 60.9 Å². The zero-order valence-electron chi connectivity index (χ0n) is 13.8. The standard InChI is InChI=1S/C20H24N2O/c1-22-17-6-3-7-18(22)12-15(11-17)19(23)14-4-2-5-16(10-14)20(13-21)8-9-20/h2,4-5,10,15,17-18H,3,6-9,11-12H2,1H3. The van der Waals surface area contributed by atoms with Gasteiger partial charge in [0.1, 0.15) is 0 Å². The maximum atomic E-state index is 13.0. The quantitative estimate of drug-likeness (QED) is 0.800. The van der Waals surface area contributed by atoms with Gasteiger partial charge in [-0.2, -0.15) is 5.26 Å². The Labute approximate surface area is 138 Å². The summed E-state index contributed by atoms with van der Waals surface area (Å²) < 4.78 is 0. The number of nitrogens with zero attached hydrogens (tertiary/aromatic N) is 2. The maximum absolute atomic E-state index is 13.0. The van der Waals surface area contributed by atoms with Crippen molar-refractivity contribution in [2.45, 2.75) is 62.4 Å². The van der Waals surface area contributed by atoms with Crippen molar-refractivity contribution in [3.05, 3.63) is 35.4 Å². The van der Waals surface area contributed by atoms with Crippen LogP contribution in [0, 0.1) is 17.2 Å². The van der Waals surface area contributed by atoms with Gasteiger partial charge in [-0.15, -0.1) is 0 Å². The largest absolute Gasteiger partial charge is 0.300 e.